The molecular weight excluding hydrogens is 346 g/mol. The summed E-state index contributed by atoms with van der Waals surface area (Å²) >= 11 is 0. The summed E-state index contributed by atoms with van der Waals surface area (Å²) in [6.45, 7) is 3.77. The number of carboxylic acid groups (broad SMARTS) is 1. The zero-order valence-corrected chi connectivity index (χ0v) is 14.9. The van der Waals surface area contributed by atoms with Gasteiger partial charge in [-0.25, -0.2) is 9.31 Å². The van der Waals surface area contributed by atoms with Gasteiger partial charge >= 0.3 is 5.97 Å². The Morgan fingerprint density at radius 3 is 2.78 bits per heavy atom. The molecule has 0 aliphatic heterocycles. The lowest BCUT2D eigenvalue weighted by Crippen LogP contribution is -1.97. The van der Waals surface area contributed by atoms with Crippen LogP contribution in [0.2, 0.25) is 0 Å². The highest BCUT2D eigenvalue weighted by molar-refractivity contribution is 5.91. The molecule has 0 saturated heterocycles. The van der Waals surface area contributed by atoms with E-state index in [0.717, 1.165) is 46.5 Å². The molecule has 0 unspecified atom stereocenters. The summed E-state index contributed by atoms with van der Waals surface area (Å²) in [5, 5.41) is 17.9. The van der Waals surface area contributed by atoms with Crippen LogP contribution in [-0.2, 0) is 0 Å². The third-order valence-electron chi connectivity index (χ3n) is 5.05. The molecule has 0 spiro atoms. The van der Waals surface area contributed by atoms with E-state index in [1.165, 1.54) is 0 Å². The number of aromatic carboxylic acids is 1. The molecule has 0 radical (unpaired) electrons. The molecule has 5 rings (SSSR count). The SMILES string of the molecule is Cc1noc(C)c1-c1cnn2ccc(-c3cc(C(=O)O)c(C4CC4)o3)cc12. The van der Waals surface area contributed by atoms with Crippen LogP contribution < -0.4 is 0 Å². The highest BCUT2D eigenvalue weighted by Crippen LogP contribution is 2.44. The van der Waals surface area contributed by atoms with Gasteiger partial charge in [-0.15, -0.1) is 0 Å². The van der Waals surface area contributed by atoms with Crippen LogP contribution >= 0.6 is 0 Å². The Bertz CT molecular complexity index is 1170. The molecule has 4 heterocycles. The quantitative estimate of drug-likeness (QED) is 0.576. The van der Waals surface area contributed by atoms with Crippen molar-refractivity contribution in [2.75, 3.05) is 0 Å². The Hall–Kier alpha value is -3.35. The summed E-state index contributed by atoms with van der Waals surface area (Å²) in [5.74, 6) is 1.14. The zero-order chi connectivity index (χ0) is 18.7. The highest BCUT2D eigenvalue weighted by Gasteiger charge is 2.32. The summed E-state index contributed by atoms with van der Waals surface area (Å²) in [5.41, 5.74) is 4.59. The molecule has 27 heavy (non-hydrogen) atoms. The van der Waals surface area contributed by atoms with Gasteiger partial charge in [0.25, 0.3) is 0 Å². The summed E-state index contributed by atoms with van der Waals surface area (Å²) in [7, 11) is 0. The summed E-state index contributed by atoms with van der Waals surface area (Å²) in [4.78, 5) is 11.6. The number of nitrogens with zero attached hydrogens (tertiary/aromatic N) is 3. The lowest BCUT2D eigenvalue weighted by molar-refractivity contribution is 0.0694. The van der Waals surface area contributed by atoms with Crippen molar-refractivity contribution in [1.82, 2.24) is 14.8 Å². The van der Waals surface area contributed by atoms with E-state index < -0.39 is 5.97 Å². The lowest BCUT2D eigenvalue weighted by Gasteiger charge is -2.02. The van der Waals surface area contributed by atoms with E-state index in [9.17, 15) is 9.90 Å². The van der Waals surface area contributed by atoms with E-state index in [4.69, 9.17) is 8.94 Å². The van der Waals surface area contributed by atoms with Gasteiger partial charge in [-0.1, -0.05) is 5.16 Å². The number of hydrogen-bond acceptors (Lipinski definition) is 5. The smallest absolute Gasteiger partial charge is 0.339 e. The molecular formula is C20H17N3O4. The standard InChI is InChI=1S/C20H17N3O4/c1-10-18(11(2)27-22-10)15-9-21-23-6-5-13(7-16(15)23)17-8-14(20(24)25)19(26-17)12-3-4-12/h5-9,12H,3-4H2,1-2H3,(H,24,25). The second kappa shape index (κ2) is 5.57. The Morgan fingerprint density at radius 1 is 1.30 bits per heavy atom. The van der Waals surface area contributed by atoms with Gasteiger partial charge in [0.15, 0.2) is 0 Å². The maximum atomic E-state index is 11.6. The predicted molar refractivity (Wildman–Crippen MR) is 96.8 cm³/mol. The molecule has 4 aromatic heterocycles. The number of hydrogen-bond donors (Lipinski definition) is 1. The molecule has 1 aliphatic carbocycles. The van der Waals surface area contributed by atoms with E-state index in [2.05, 4.69) is 10.3 Å². The Balaban J connectivity index is 1.66. The summed E-state index contributed by atoms with van der Waals surface area (Å²) in [6.07, 6.45) is 5.58. The van der Waals surface area contributed by atoms with E-state index in [0.29, 0.717) is 11.5 Å². The molecule has 7 heteroatoms. The monoisotopic (exact) mass is 363 g/mol. The fourth-order valence-corrected chi connectivity index (χ4v) is 3.56. The maximum Gasteiger partial charge on any atom is 0.339 e. The van der Waals surface area contributed by atoms with Crippen molar-refractivity contribution in [3.63, 3.8) is 0 Å². The molecule has 4 aromatic rings. The van der Waals surface area contributed by atoms with Gasteiger partial charge in [-0.05, 0) is 44.9 Å². The number of carbonyl (C=O) groups is 1. The molecule has 0 amide bonds. The molecule has 7 nitrogen and oxygen atoms in total. The second-order valence-electron chi connectivity index (χ2n) is 6.97. The summed E-state index contributed by atoms with van der Waals surface area (Å²) < 4.78 is 13.0. The number of carboxylic acids is 1. The fraction of sp³-hybridized carbons (Fsp3) is 0.250. The normalized spacial score (nSPS) is 14.1. The lowest BCUT2D eigenvalue weighted by atomic mass is 10.0. The zero-order valence-electron chi connectivity index (χ0n) is 14.9. The van der Waals surface area contributed by atoms with Crippen molar-refractivity contribution >= 4 is 11.5 Å². The van der Waals surface area contributed by atoms with Crippen LogP contribution in [0.15, 0.2) is 39.5 Å². The van der Waals surface area contributed by atoms with E-state index in [-0.39, 0.29) is 11.5 Å². The minimum absolute atomic E-state index is 0.224. The van der Waals surface area contributed by atoms with Gasteiger partial charge in [0, 0.05) is 23.2 Å². The van der Waals surface area contributed by atoms with Crippen LogP contribution in [0.4, 0.5) is 0 Å². The largest absolute Gasteiger partial charge is 0.478 e. The second-order valence-corrected chi connectivity index (χ2v) is 6.97. The van der Waals surface area contributed by atoms with Crippen molar-refractivity contribution in [3.05, 3.63) is 53.4 Å². The van der Waals surface area contributed by atoms with Crippen molar-refractivity contribution in [3.8, 4) is 22.5 Å². The maximum absolute atomic E-state index is 11.6. The van der Waals surface area contributed by atoms with E-state index in [1.807, 2.05) is 32.2 Å². The summed E-state index contributed by atoms with van der Waals surface area (Å²) in [6, 6.07) is 5.45. The molecule has 0 atom stereocenters. The molecule has 1 aliphatic rings. The minimum Gasteiger partial charge on any atom is -0.478 e. The number of pyridine rings is 1. The van der Waals surface area contributed by atoms with Gasteiger partial charge in [-0.2, -0.15) is 5.10 Å². The van der Waals surface area contributed by atoms with Gasteiger partial charge < -0.3 is 14.0 Å². The Labute approximate surface area is 154 Å². The van der Waals surface area contributed by atoms with Crippen molar-refractivity contribution < 1.29 is 18.8 Å². The van der Waals surface area contributed by atoms with Crippen LogP contribution in [0.5, 0.6) is 0 Å². The molecule has 0 bridgehead atoms. The molecule has 1 fully saturated rings. The Morgan fingerprint density at radius 2 is 2.11 bits per heavy atom. The first kappa shape index (κ1) is 15.9. The van der Waals surface area contributed by atoms with Gasteiger partial charge in [-0.3, -0.25) is 0 Å². The number of rotatable bonds is 4. The first-order valence-electron chi connectivity index (χ1n) is 8.81. The van der Waals surface area contributed by atoms with Crippen LogP contribution in [0.3, 0.4) is 0 Å². The van der Waals surface area contributed by atoms with Crippen LogP contribution in [0.25, 0.3) is 28.0 Å². The fourth-order valence-electron chi connectivity index (χ4n) is 3.56. The average molecular weight is 363 g/mol. The predicted octanol–water partition coefficient (Wildman–Crippen LogP) is 4.44. The first-order valence-corrected chi connectivity index (χ1v) is 8.81. The van der Waals surface area contributed by atoms with E-state index in [1.54, 1.807) is 16.8 Å². The minimum atomic E-state index is -0.950. The number of aromatic nitrogens is 3. The van der Waals surface area contributed by atoms with E-state index >= 15 is 0 Å². The van der Waals surface area contributed by atoms with Crippen LogP contribution in [0.1, 0.15) is 46.3 Å². The molecule has 136 valence electrons. The number of aryl methyl sites for hydroxylation is 2. The topological polar surface area (TPSA) is 93.8 Å². The third kappa shape index (κ3) is 2.46. The van der Waals surface area contributed by atoms with Gasteiger partial charge in [0.2, 0.25) is 0 Å². The van der Waals surface area contributed by atoms with Crippen molar-refractivity contribution in [2.24, 2.45) is 0 Å². The third-order valence-corrected chi connectivity index (χ3v) is 5.05. The van der Waals surface area contributed by atoms with Crippen molar-refractivity contribution in [2.45, 2.75) is 32.6 Å². The first-order chi connectivity index (χ1) is 13.0. The number of fused-ring (bicyclic) bond motifs is 1. The molecule has 1 saturated carbocycles. The molecule has 1 N–H and O–H groups in total. The molecule has 0 aromatic carbocycles. The van der Waals surface area contributed by atoms with Crippen LogP contribution in [-0.4, -0.2) is 25.8 Å². The average Bonchev–Trinajstić information content (AvgIpc) is 3.12. The highest BCUT2D eigenvalue weighted by atomic mass is 16.5. The number of furan rings is 1. The van der Waals surface area contributed by atoms with Crippen molar-refractivity contribution in [1.29, 1.82) is 0 Å². The van der Waals surface area contributed by atoms with Gasteiger partial charge in [0.05, 0.1) is 23.0 Å². The van der Waals surface area contributed by atoms with Crippen LogP contribution in [0, 0.1) is 13.8 Å². The van der Waals surface area contributed by atoms with Gasteiger partial charge in [0.1, 0.15) is 22.8 Å². The Kier molecular flexibility index (Phi) is 3.28.